The van der Waals surface area contributed by atoms with Crippen LogP contribution < -0.4 is 21.1 Å². The van der Waals surface area contributed by atoms with E-state index >= 15 is 0 Å². The van der Waals surface area contributed by atoms with Gasteiger partial charge >= 0.3 is 0 Å². The maximum absolute atomic E-state index is 12.0. The fraction of sp³-hybridized carbons (Fsp3) is 0.263. The van der Waals surface area contributed by atoms with Gasteiger partial charge in [-0.2, -0.15) is 4.98 Å². The average Bonchev–Trinajstić information content (AvgIpc) is 3.51. The summed E-state index contributed by atoms with van der Waals surface area (Å²) in [5.74, 6) is -0.163. The maximum atomic E-state index is 12.0. The second-order valence-electron chi connectivity index (χ2n) is 6.80. The molecule has 4 rings (SSSR count). The van der Waals surface area contributed by atoms with Crippen LogP contribution in [0.5, 0.6) is 5.75 Å². The van der Waals surface area contributed by atoms with Crippen molar-refractivity contribution in [1.82, 2.24) is 20.3 Å². The molecule has 12 heteroatoms. The zero-order valence-corrected chi connectivity index (χ0v) is 16.5. The van der Waals surface area contributed by atoms with Crippen LogP contribution in [0.15, 0.2) is 28.8 Å². The number of methoxy groups -OCH3 is 1. The highest BCUT2D eigenvalue weighted by Gasteiger charge is 2.30. The van der Waals surface area contributed by atoms with Gasteiger partial charge in [0.25, 0.3) is 11.8 Å². The highest BCUT2D eigenvalue weighted by atomic mass is 16.5. The van der Waals surface area contributed by atoms with E-state index in [1.807, 2.05) is 0 Å². The molecule has 12 nitrogen and oxygen atoms in total. The Morgan fingerprint density at radius 3 is 2.74 bits per heavy atom. The first kappa shape index (κ1) is 20.2. The lowest BCUT2D eigenvalue weighted by Crippen LogP contribution is -2.19. The van der Waals surface area contributed by atoms with Crippen molar-refractivity contribution in [3.8, 4) is 17.1 Å². The number of rotatable bonds is 8. The number of nitrogens with two attached hydrogens (primary N) is 1. The number of anilines is 3. The summed E-state index contributed by atoms with van der Waals surface area (Å²) < 4.78 is 10.5. The van der Waals surface area contributed by atoms with E-state index in [2.05, 4.69) is 31.0 Å². The first-order chi connectivity index (χ1) is 15.0. The number of aliphatic hydroxyl groups excluding tert-OH is 1. The van der Waals surface area contributed by atoms with Gasteiger partial charge in [-0.25, -0.2) is 0 Å². The van der Waals surface area contributed by atoms with Gasteiger partial charge in [-0.05, 0) is 25.0 Å². The molecule has 160 valence electrons. The summed E-state index contributed by atoms with van der Waals surface area (Å²) in [6.07, 6.45) is 1.67. The van der Waals surface area contributed by atoms with Gasteiger partial charge in [0, 0.05) is 12.0 Å². The van der Waals surface area contributed by atoms with Gasteiger partial charge in [0.1, 0.15) is 6.61 Å². The van der Waals surface area contributed by atoms with Gasteiger partial charge in [-0.15, -0.1) is 10.2 Å². The van der Waals surface area contributed by atoms with E-state index in [0.29, 0.717) is 17.0 Å². The number of benzene rings is 1. The van der Waals surface area contributed by atoms with Crippen molar-refractivity contribution in [2.75, 3.05) is 17.7 Å². The van der Waals surface area contributed by atoms with Crippen molar-refractivity contribution in [2.45, 2.75) is 19.4 Å². The maximum Gasteiger partial charge on any atom is 0.271 e. The molecule has 1 aliphatic carbocycles. The molecule has 0 unspecified atom stereocenters. The van der Waals surface area contributed by atoms with Gasteiger partial charge in [-0.1, -0.05) is 11.2 Å². The second-order valence-corrected chi connectivity index (χ2v) is 6.80. The fourth-order valence-electron chi connectivity index (χ4n) is 2.91. The fourth-order valence-corrected chi connectivity index (χ4v) is 2.91. The molecule has 0 bridgehead atoms. The molecule has 0 spiro atoms. The Morgan fingerprint density at radius 1 is 1.29 bits per heavy atom. The van der Waals surface area contributed by atoms with Crippen LogP contribution in [-0.2, 0) is 11.4 Å². The Hall–Kier alpha value is -4.06. The summed E-state index contributed by atoms with van der Waals surface area (Å²) in [5.41, 5.74) is 6.49. The normalized spacial score (nSPS) is 13.0. The molecule has 0 radical (unpaired) electrons. The molecule has 3 aromatic rings. The van der Waals surface area contributed by atoms with Crippen molar-refractivity contribution in [3.63, 3.8) is 0 Å². The molecule has 1 aliphatic rings. The van der Waals surface area contributed by atoms with Crippen molar-refractivity contribution >= 4 is 29.0 Å². The quantitative estimate of drug-likeness (QED) is 0.410. The van der Waals surface area contributed by atoms with E-state index in [9.17, 15) is 9.59 Å². The molecule has 0 aliphatic heterocycles. The number of para-hydroxylation sites is 1. The van der Waals surface area contributed by atoms with E-state index in [1.165, 1.54) is 13.2 Å². The van der Waals surface area contributed by atoms with E-state index in [0.717, 1.165) is 12.8 Å². The van der Waals surface area contributed by atoms with Gasteiger partial charge in [0.05, 0.1) is 24.0 Å². The largest absolute Gasteiger partial charge is 0.494 e. The minimum Gasteiger partial charge on any atom is -0.494 e. The van der Waals surface area contributed by atoms with Crippen LogP contribution in [0.25, 0.3) is 11.4 Å². The number of hydrogen-bond acceptors (Lipinski definition) is 10. The van der Waals surface area contributed by atoms with E-state index < -0.39 is 12.5 Å². The monoisotopic (exact) mass is 425 g/mol. The molecule has 5 N–H and O–H groups in total. The molecule has 0 atom stereocenters. The third kappa shape index (κ3) is 4.28. The van der Waals surface area contributed by atoms with Gasteiger partial charge in [0.15, 0.2) is 17.3 Å². The van der Waals surface area contributed by atoms with Crippen LogP contribution in [0.1, 0.15) is 29.2 Å². The minimum atomic E-state index is -0.795. The summed E-state index contributed by atoms with van der Waals surface area (Å²) >= 11 is 0. The molecule has 2 heterocycles. The zero-order chi connectivity index (χ0) is 22.0. The highest BCUT2D eigenvalue weighted by Crippen LogP contribution is 2.37. The van der Waals surface area contributed by atoms with Crippen molar-refractivity contribution in [2.24, 2.45) is 11.7 Å². The van der Waals surface area contributed by atoms with Gasteiger partial charge in [0.2, 0.25) is 11.7 Å². The molecule has 31 heavy (non-hydrogen) atoms. The number of carbonyl (C=O) groups excluding carboxylic acids is 2. The Balaban J connectivity index is 1.69. The molecular weight excluding hydrogens is 406 g/mol. The Labute approximate surface area is 175 Å². The Morgan fingerprint density at radius 2 is 2.10 bits per heavy atom. The van der Waals surface area contributed by atoms with Gasteiger partial charge in [-0.3, -0.25) is 9.59 Å². The summed E-state index contributed by atoms with van der Waals surface area (Å²) in [6, 6.07) is 6.58. The molecule has 1 aromatic carbocycles. The van der Waals surface area contributed by atoms with Crippen LogP contribution in [0, 0.1) is 5.92 Å². The summed E-state index contributed by atoms with van der Waals surface area (Å²) in [7, 11) is 1.46. The van der Waals surface area contributed by atoms with E-state index in [-0.39, 0.29) is 40.7 Å². The van der Waals surface area contributed by atoms with Crippen LogP contribution in [-0.4, -0.2) is 44.4 Å². The number of hydrogen-bond donors (Lipinski definition) is 4. The predicted molar refractivity (Wildman–Crippen MR) is 107 cm³/mol. The molecular formula is C19H19N7O5. The van der Waals surface area contributed by atoms with E-state index in [1.54, 1.807) is 18.2 Å². The minimum absolute atomic E-state index is 0.0235. The second kappa shape index (κ2) is 8.36. The lowest BCUT2D eigenvalue weighted by molar-refractivity contribution is -0.117. The smallest absolute Gasteiger partial charge is 0.271 e. The number of aromatic nitrogens is 4. The zero-order valence-electron chi connectivity index (χ0n) is 16.5. The summed E-state index contributed by atoms with van der Waals surface area (Å²) in [4.78, 5) is 28.0. The number of nitrogens with one attached hydrogen (secondary N) is 2. The molecule has 2 amide bonds. The van der Waals surface area contributed by atoms with Crippen LogP contribution >= 0.6 is 0 Å². The number of primary amides is 1. The standard InChI is InChI=1S/C19H19N7O5/c1-30-16-10(18-23-14(8-27)31-26-18)3-2-4-11(16)21-12-7-13(22-19(29)9-5-6-9)24-25-15(12)17(20)28/h2-4,7,9,27H,5-6,8H2,1H3,(H2,20,28)(H2,21,22,24,29). The highest BCUT2D eigenvalue weighted by molar-refractivity contribution is 5.99. The SMILES string of the molecule is COc1c(Nc2cc(NC(=O)C3CC3)nnc2C(N)=O)cccc1-c1noc(CO)n1. The number of amides is 2. The van der Waals surface area contributed by atoms with Crippen molar-refractivity contribution in [1.29, 1.82) is 0 Å². The molecule has 2 aromatic heterocycles. The predicted octanol–water partition coefficient (Wildman–Crippen LogP) is 1.22. The number of nitrogens with zero attached hydrogens (tertiary/aromatic N) is 4. The summed E-state index contributed by atoms with van der Waals surface area (Å²) in [6.45, 7) is -0.396. The Bertz CT molecular complexity index is 1140. The summed E-state index contributed by atoms with van der Waals surface area (Å²) in [5, 5.41) is 26.4. The Kier molecular flexibility index (Phi) is 5.45. The van der Waals surface area contributed by atoms with Crippen molar-refractivity contribution < 1.29 is 24.0 Å². The lowest BCUT2D eigenvalue weighted by atomic mass is 10.1. The average molecular weight is 425 g/mol. The third-order valence-electron chi connectivity index (χ3n) is 4.56. The third-order valence-corrected chi connectivity index (χ3v) is 4.56. The molecule has 0 saturated heterocycles. The first-order valence-electron chi connectivity index (χ1n) is 9.36. The van der Waals surface area contributed by atoms with E-state index in [4.69, 9.17) is 20.1 Å². The topological polar surface area (TPSA) is 178 Å². The molecule has 1 saturated carbocycles. The van der Waals surface area contributed by atoms with Crippen molar-refractivity contribution in [3.05, 3.63) is 35.9 Å². The number of ether oxygens (including phenoxy) is 1. The lowest BCUT2D eigenvalue weighted by Gasteiger charge is -2.15. The van der Waals surface area contributed by atoms with Crippen LogP contribution in [0.4, 0.5) is 17.2 Å². The van der Waals surface area contributed by atoms with Crippen LogP contribution in [0.3, 0.4) is 0 Å². The number of aliphatic hydroxyl groups is 1. The first-order valence-corrected chi connectivity index (χ1v) is 9.36. The molecule has 1 fully saturated rings. The number of carbonyl (C=O) groups is 2. The van der Waals surface area contributed by atoms with Gasteiger partial charge < -0.3 is 30.7 Å². The van der Waals surface area contributed by atoms with Crippen LogP contribution in [0.2, 0.25) is 0 Å².